The number of likely N-dealkylation sites (N-methyl/N-ethyl adjacent to an activating group) is 1. The third kappa shape index (κ3) is 2.41. The number of nitrogens with zero attached hydrogens (tertiary/aromatic N) is 3. The van der Waals surface area contributed by atoms with E-state index in [1.165, 1.54) is 0 Å². The number of carbonyl (C=O) groups excluding carboxylic acids is 1. The van der Waals surface area contributed by atoms with Gasteiger partial charge in [0, 0.05) is 26.2 Å². The molecule has 1 heterocycles. The molecule has 0 aromatic rings. The van der Waals surface area contributed by atoms with Gasteiger partial charge in [-0.25, -0.2) is 0 Å². The van der Waals surface area contributed by atoms with E-state index in [1.807, 2.05) is 4.90 Å². The van der Waals surface area contributed by atoms with E-state index in [0.717, 1.165) is 32.7 Å². The lowest BCUT2D eigenvalue weighted by atomic mass is 9.61. The van der Waals surface area contributed by atoms with Crippen molar-refractivity contribution >= 4 is 11.7 Å². The monoisotopic (exact) mass is 268 g/mol. The SMILES string of the molecule is CCN1CCN(C(=O)C2(C(N)=NO)CC(C)C2)CC1. The van der Waals surface area contributed by atoms with Crippen LogP contribution < -0.4 is 5.73 Å². The van der Waals surface area contributed by atoms with Gasteiger partial charge in [0.1, 0.15) is 5.41 Å². The molecule has 19 heavy (non-hydrogen) atoms. The van der Waals surface area contributed by atoms with Crippen molar-refractivity contribution in [1.29, 1.82) is 0 Å². The molecular weight excluding hydrogens is 244 g/mol. The summed E-state index contributed by atoms with van der Waals surface area (Å²) in [7, 11) is 0. The lowest BCUT2D eigenvalue weighted by molar-refractivity contribution is -0.146. The molecule has 6 heteroatoms. The summed E-state index contributed by atoms with van der Waals surface area (Å²) in [6, 6.07) is 0. The van der Waals surface area contributed by atoms with Gasteiger partial charge in [-0.15, -0.1) is 0 Å². The van der Waals surface area contributed by atoms with E-state index < -0.39 is 5.41 Å². The number of carbonyl (C=O) groups is 1. The van der Waals surface area contributed by atoms with Crippen LogP contribution in [0.15, 0.2) is 5.16 Å². The Morgan fingerprint density at radius 1 is 1.37 bits per heavy atom. The van der Waals surface area contributed by atoms with Crippen LogP contribution in [0.1, 0.15) is 26.7 Å². The Bertz CT molecular complexity index is 369. The van der Waals surface area contributed by atoms with Gasteiger partial charge in [0.05, 0.1) is 0 Å². The van der Waals surface area contributed by atoms with Gasteiger partial charge in [-0.1, -0.05) is 19.0 Å². The number of hydrogen-bond acceptors (Lipinski definition) is 4. The molecular formula is C13H24N4O2. The highest BCUT2D eigenvalue weighted by Crippen LogP contribution is 2.47. The summed E-state index contributed by atoms with van der Waals surface area (Å²) in [5.74, 6) is 0.575. The largest absolute Gasteiger partial charge is 0.409 e. The number of amidine groups is 1. The maximum absolute atomic E-state index is 12.7. The van der Waals surface area contributed by atoms with Gasteiger partial charge in [-0.3, -0.25) is 4.79 Å². The normalized spacial score (nSPS) is 33.1. The molecule has 108 valence electrons. The number of oxime groups is 1. The van der Waals surface area contributed by atoms with Gasteiger partial charge in [0.25, 0.3) is 0 Å². The first-order valence-electron chi connectivity index (χ1n) is 7.03. The molecule has 2 fully saturated rings. The van der Waals surface area contributed by atoms with E-state index in [-0.39, 0.29) is 11.7 Å². The highest BCUT2D eigenvalue weighted by Gasteiger charge is 2.53. The zero-order chi connectivity index (χ0) is 14.0. The molecule has 1 aliphatic heterocycles. The third-order valence-corrected chi connectivity index (χ3v) is 4.51. The van der Waals surface area contributed by atoms with E-state index in [2.05, 4.69) is 23.9 Å². The average Bonchev–Trinajstić information content (AvgIpc) is 2.42. The van der Waals surface area contributed by atoms with Crippen LogP contribution in [0, 0.1) is 11.3 Å². The van der Waals surface area contributed by atoms with Crippen LogP contribution in [0.3, 0.4) is 0 Å². The first-order chi connectivity index (χ1) is 9.03. The minimum absolute atomic E-state index is 0.0386. The summed E-state index contributed by atoms with van der Waals surface area (Å²) in [5, 5.41) is 12.0. The maximum atomic E-state index is 12.7. The second-order valence-corrected chi connectivity index (χ2v) is 5.81. The van der Waals surface area contributed by atoms with Gasteiger partial charge >= 0.3 is 0 Å². The fourth-order valence-electron chi connectivity index (χ4n) is 3.29. The first-order valence-corrected chi connectivity index (χ1v) is 7.03. The zero-order valence-corrected chi connectivity index (χ0v) is 11.8. The molecule has 2 rings (SSSR count). The lowest BCUT2D eigenvalue weighted by Crippen LogP contribution is -2.60. The second kappa shape index (κ2) is 5.36. The van der Waals surface area contributed by atoms with Gasteiger partial charge in [-0.2, -0.15) is 0 Å². The molecule has 0 unspecified atom stereocenters. The zero-order valence-electron chi connectivity index (χ0n) is 11.8. The number of hydrogen-bond donors (Lipinski definition) is 2. The van der Waals surface area contributed by atoms with Crippen LogP contribution >= 0.6 is 0 Å². The van der Waals surface area contributed by atoms with E-state index in [4.69, 9.17) is 10.9 Å². The predicted octanol–water partition coefficient (Wildman–Crippen LogP) is 0.313. The Balaban J connectivity index is 2.06. The van der Waals surface area contributed by atoms with Crippen molar-refractivity contribution in [1.82, 2.24) is 9.80 Å². The molecule has 1 aliphatic carbocycles. The average molecular weight is 268 g/mol. The third-order valence-electron chi connectivity index (χ3n) is 4.51. The fourth-order valence-corrected chi connectivity index (χ4v) is 3.29. The molecule has 1 saturated carbocycles. The summed E-state index contributed by atoms with van der Waals surface area (Å²) < 4.78 is 0. The smallest absolute Gasteiger partial charge is 0.236 e. The summed E-state index contributed by atoms with van der Waals surface area (Å²) >= 11 is 0. The standard InChI is InChI=1S/C13H24N4O2/c1-3-16-4-6-17(7-5-16)12(18)13(11(14)15-19)8-10(2)9-13/h10,19H,3-9H2,1-2H3,(H2,14,15). The summed E-state index contributed by atoms with van der Waals surface area (Å²) in [5.41, 5.74) is 5.03. The Labute approximate surface area is 114 Å². The quantitative estimate of drug-likeness (QED) is 0.334. The van der Waals surface area contributed by atoms with Crippen molar-refractivity contribution in [3.63, 3.8) is 0 Å². The molecule has 0 aromatic heterocycles. The van der Waals surface area contributed by atoms with Crippen molar-refractivity contribution < 1.29 is 10.0 Å². The molecule has 0 aromatic carbocycles. The van der Waals surface area contributed by atoms with Gasteiger partial charge in [0.2, 0.25) is 5.91 Å². The molecule has 0 bridgehead atoms. The van der Waals surface area contributed by atoms with Crippen LogP contribution in [0.4, 0.5) is 0 Å². The second-order valence-electron chi connectivity index (χ2n) is 5.81. The number of piperazine rings is 1. The summed E-state index contributed by atoms with van der Waals surface area (Å²) in [6.45, 7) is 8.52. The van der Waals surface area contributed by atoms with Crippen LogP contribution in [-0.4, -0.2) is 59.5 Å². The molecule has 0 atom stereocenters. The molecule has 6 nitrogen and oxygen atoms in total. The van der Waals surface area contributed by atoms with E-state index in [9.17, 15) is 4.79 Å². The predicted molar refractivity (Wildman–Crippen MR) is 72.9 cm³/mol. The number of amides is 1. The molecule has 0 spiro atoms. The van der Waals surface area contributed by atoms with Gasteiger partial charge < -0.3 is 20.7 Å². The first kappa shape index (κ1) is 14.1. The van der Waals surface area contributed by atoms with Crippen molar-refractivity contribution in [2.24, 2.45) is 22.2 Å². The Morgan fingerprint density at radius 3 is 2.37 bits per heavy atom. The lowest BCUT2D eigenvalue weighted by Gasteiger charge is -2.47. The Kier molecular flexibility index (Phi) is 3.99. The van der Waals surface area contributed by atoms with E-state index in [0.29, 0.717) is 18.8 Å². The molecule has 1 amide bonds. The highest BCUT2D eigenvalue weighted by molar-refractivity contribution is 6.07. The van der Waals surface area contributed by atoms with Crippen molar-refractivity contribution in [3.05, 3.63) is 0 Å². The van der Waals surface area contributed by atoms with E-state index >= 15 is 0 Å². The van der Waals surface area contributed by atoms with Crippen LogP contribution in [-0.2, 0) is 4.79 Å². The van der Waals surface area contributed by atoms with Crippen molar-refractivity contribution in [3.8, 4) is 0 Å². The minimum atomic E-state index is -0.747. The number of nitrogens with two attached hydrogens (primary N) is 1. The molecule has 1 saturated heterocycles. The fraction of sp³-hybridized carbons (Fsp3) is 0.846. The molecule has 0 radical (unpaired) electrons. The summed E-state index contributed by atoms with van der Waals surface area (Å²) in [6.07, 6.45) is 1.38. The highest BCUT2D eigenvalue weighted by atomic mass is 16.4. The van der Waals surface area contributed by atoms with Gasteiger partial charge in [0.15, 0.2) is 5.84 Å². The summed E-state index contributed by atoms with van der Waals surface area (Å²) in [4.78, 5) is 16.9. The Hall–Kier alpha value is -1.30. The number of rotatable bonds is 3. The maximum Gasteiger partial charge on any atom is 0.236 e. The van der Waals surface area contributed by atoms with Crippen molar-refractivity contribution in [2.75, 3.05) is 32.7 Å². The topological polar surface area (TPSA) is 82.2 Å². The minimum Gasteiger partial charge on any atom is -0.409 e. The van der Waals surface area contributed by atoms with Crippen LogP contribution in [0.25, 0.3) is 0 Å². The van der Waals surface area contributed by atoms with Crippen molar-refractivity contribution in [2.45, 2.75) is 26.7 Å². The molecule has 3 N–H and O–H groups in total. The van der Waals surface area contributed by atoms with Crippen LogP contribution in [0.5, 0.6) is 0 Å². The van der Waals surface area contributed by atoms with Gasteiger partial charge in [-0.05, 0) is 25.3 Å². The van der Waals surface area contributed by atoms with E-state index in [1.54, 1.807) is 0 Å². The Morgan fingerprint density at radius 2 is 1.95 bits per heavy atom. The van der Waals surface area contributed by atoms with Crippen LogP contribution in [0.2, 0.25) is 0 Å². The molecule has 2 aliphatic rings.